The summed E-state index contributed by atoms with van der Waals surface area (Å²) in [5.41, 5.74) is 0.702. The fraction of sp³-hybridized carbons (Fsp3) is 0.471. The van der Waals surface area contributed by atoms with Gasteiger partial charge in [-0.3, -0.25) is 4.79 Å². The molecule has 2 heterocycles. The van der Waals surface area contributed by atoms with E-state index in [2.05, 4.69) is 4.99 Å². The quantitative estimate of drug-likeness (QED) is 0.653. The maximum atomic E-state index is 12.1. The first-order chi connectivity index (χ1) is 12.8. The molecule has 0 radical (unpaired) electrons. The highest BCUT2D eigenvalue weighted by Crippen LogP contribution is 2.41. The van der Waals surface area contributed by atoms with E-state index in [4.69, 9.17) is 4.74 Å². The van der Waals surface area contributed by atoms with Gasteiger partial charge in [0, 0.05) is 29.4 Å². The van der Waals surface area contributed by atoms with Gasteiger partial charge in [-0.25, -0.2) is 8.42 Å². The average molecular weight is 411 g/mol. The van der Waals surface area contributed by atoms with Gasteiger partial charge >= 0.3 is 0 Å². The maximum Gasteiger partial charge on any atom is 0.248 e. The molecule has 0 aliphatic carbocycles. The van der Waals surface area contributed by atoms with Gasteiger partial charge in [0.05, 0.1) is 24.7 Å². The summed E-state index contributed by atoms with van der Waals surface area (Å²) in [5, 5.41) is 10.7. The highest BCUT2D eigenvalue weighted by atomic mass is 32.2. The molecule has 2 saturated heterocycles. The summed E-state index contributed by atoms with van der Waals surface area (Å²) in [5.74, 6) is -0.986. The smallest absolute Gasteiger partial charge is 0.248 e. The number of carboxylic acid groups (broad SMARTS) is 1. The van der Waals surface area contributed by atoms with E-state index in [1.165, 1.54) is 18.9 Å². The number of ether oxygens (including phenoxy) is 1. The number of nitrogens with zero attached hydrogens (tertiary/aromatic N) is 2. The number of sulfone groups is 1. The highest BCUT2D eigenvalue weighted by Gasteiger charge is 2.49. The van der Waals surface area contributed by atoms with Crippen LogP contribution in [-0.2, 0) is 19.4 Å². The number of anilines is 1. The number of fused-ring (bicyclic) bond motifs is 1. The number of aliphatic carboxylic acids is 1. The van der Waals surface area contributed by atoms with Crippen molar-refractivity contribution in [2.24, 2.45) is 4.99 Å². The van der Waals surface area contributed by atoms with E-state index in [9.17, 15) is 23.1 Å². The van der Waals surface area contributed by atoms with E-state index < -0.39 is 21.7 Å². The first kappa shape index (κ1) is 19.7. The van der Waals surface area contributed by atoms with Gasteiger partial charge in [-0.1, -0.05) is 17.8 Å². The summed E-state index contributed by atoms with van der Waals surface area (Å²) in [6.45, 7) is 0. The second-order valence-corrected chi connectivity index (χ2v) is 9.75. The lowest BCUT2D eigenvalue weighted by molar-refractivity contribution is -0.305. The lowest BCUT2D eigenvalue weighted by Crippen LogP contribution is -2.37. The molecule has 1 amide bonds. The summed E-state index contributed by atoms with van der Waals surface area (Å²) >= 11 is 1.27. The molecule has 2 aliphatic heterocycles. The molecule has 0 spiro atoms. The van der Waals surface area contributed by atoms with Gasteiger partial charge in [-0.05, 0) is 25.0 Å². The number of thioether (sulfide) groups is 1. The Morgan fingerprint density at radius 3 is 2.81 bits per heavy atom. The van der Waals surface area contributed by atoms with Gasteiger partial charge in [0.15, 0.2) is 15.0 Å². The molecule has 2 fully saturated rings. The van der Waals surface area contributed by atoms with E-state index in [1.807, 2.05) is 6.07 Å². The predicted molar refractivity (Wildman–Crippen MR) is 101 cm³/mol. The number of benzene rings is 1. The van der Waals surface area contributed by atoms with Crippen molar-refractivity contribution in [1.29, 1.82) is 0 Å². The molecule has 0 N–H and O–H groups in total. The van der Waals surface area contributed by atoms with Crippen LogP contribution in [0.25, 0.3) is 0 Å². The molecule has 0 saturated carbocycles. The number of carbonyl (C=O) groups is 2. The molecule has 10 heteroatoms. The molecule has 3 rings (SSSR count). The first-order valence-electron chi connectivity index (χ1n) is 8.41. The van der Waals surface area contributed by atoms with Crippen LogP contribution in [0.2, 0.25) is 0 Å². The molecule has 146 valence electrons. The Labute approximate surface area is 161 Å². The van der Waals surface area contributed by atoms with Gasteiger partial charge < -0.3 is 19.5 Å². The number of hydrogen-bond acceptors (Lipinski definition) is 7. The van der Waals surface area contributed by atoms with Gasteiger partial charge in [0.1, 0.15) is 5.75 Å². The molecule has 8 nitrogen and oxygen atoms in total. The molecule has 2 atom stereocenters. The predicted octanol–water partition coefficient (Wildman–Crippen LogP) is 0.217. The minimum atomic E-state index is -3.14. The van der Waals surface area contributed by atoms with Gasteiger partial charge in [-0.15, -0.1) is 0 Å². The van der Waals surface area contributed by atoms with Gasteiger partial charge in [0.25, 0.3) is 0 Å². The van der Waals surface area contributed by atoms with Crippen molar-refractivity contribution in [1.82, 2.24) is 0 Å². The zero-order chi connectivity index (χ0) is 19.6. The molecule has 27 heavy (non-hydrogen) atoms. The largest absolute Gasteiger partial charge is 0.550 e. The molecular formula is C17H19N2O6S2-. The van der Waals surface area contributed by atoms with Crippen molar-refractivity contribution in [2.45, 2.75) is 30.6 Å². The highest BCUT2D eigenvalue weighted by molar-refractivity contribution is 8.16. The Balaban J connectivity index is 1.87. The molecule has 0 bridgehead atoms. The average Bonchev–Trinajstić information content (AvgIpc) is 3.05. The minimum absolute atomic E-state index is 0.000228. The van der Waals surface area contributed by atoms with Crippen molar-refractivity contribution in [3.05, 3.63) is 24.3 Å². The lowest BCUT2D eigenvalue weighted by atomic mass is 10.2. The molecule has 1 aromatic carbocycles. The molecular weight excluding hydrogens is 392 g/mol. The molecule has 0 aromatic heterocycles. The fourth-order valence-electron chi connectivity index (χ4n) is 3.17. The standard InChI is InChI=1S/C17H20N2O6S2/c1-25-12-5-2-4-11(8-12)19-13-9-27(23,24)10-14(13)26-17(19)18-15(20)6-3-7-16(21)22/h2,4-5,8,13-14H,3,6-7,9-10H2,1H3,(H,21,22)/p-1/t13-,14+/m0/s1. The number of rotatable bonds is 6. The van der Waals surface area contributed by atoms with Crippen LogP contribution in [0.1, 0.15) is 19.3 Å². The second kappa shape index (κ2) is 7.89. The topological polar surface area (TPSA) is 116 Å². The van der Waals surface area contributed by atoms with Crippen LogP contribution in [0.5, 0.6) is 5.75 Å². The van der Waals surface area contributed by atoms with E-state index >= 15 is 0 Å². The number of carboxylic acids is 1. The normalized spacial score (nSPS) is 24.8. The van der Waals surface area contributed by atoms with E-state index in [1.54, 1.807) is 23.1 Å². The summed E-state index contributed by atoms with van der Waals surface area (Å²) in [6.07, 6.45) is -0.0482. The van der Waals surface area contributed by atoms with Crippen molar-refractivity contribution >= 4 is 44.3 Å². The third kappa shape index (κ3) is 4.62. The van der Waals surface area contributed by atoms with Crippen LogP contribution >= 0.6 is 11.8 Å². The van der Waals surface area contributed by atoms with Crippen molar-refractivity contribution in [3.63, 3.8) is 0 Å². The zero-order valence-electron chi connectivity index (χ0n) is 14.7. The summed E-state index contributed by atoms with van der Waals surface area (Å²) < 4.78 is 29.3. The Morgan fingerprint density at radius 2 is 2.11 bits per heavy atom. The number of carbonyl (C=O) groups excluding carboxylic acids is 2. The Morgan fingerprint density at radius 1 is 1.33 bits per heavy atom. The number of amides is 1. The third-order valence-corrected chi connectivity index (χ3v) is 7.60. The fourth-order valence-corrected chi connectivity index (χ4v) is 7.10. The van der Waals surface area contributed by atoms with Crippen LogP contribution in [0.15, 0.2) is 29.3 Å². The first-order valence-corrected chi connectivity index (χ1v) is 11.1. The van der Waals surface area contributed by atoms with Gasteiger partial charge in [-0.2, -0.15) is 4.99 Å². The molecule has 0 unspecified atom stereocenters. The number of amidine groups is 1. The van der Waals surface area contributed by atoms with E-state index in [-0.39, 0.29) is 42.1 Å². The number of methoxy groups -OCH3 is 1. The summed E-state index contributed by atoms with van der Waals surface area (Å²) in [6, 6.07) is 6.84. The molecule has 2 aliphatic rings. The van der Waals surface area contributed by atoms with E-state index in [0.29, 0.717) is 16.6 Å². The van der Waals surface area contributed by atoms with Crippen molar-refractivity contribution in [2.75, 3.05) is 23.5 Å². The summed E-state index contributed by atoms with van der Waals surface area (Å²) in [7, 11) is -1.61. The van der Waals surface area contributed by atoms with Crippen LogP contribution in [0.3, 0.4) is 0 Å². The maximum absolute atomic E-state index is 12.1. The van der Waals surface area contributed by atoms with Crippen molar-refractivity contribution < 1.29 is 27.9 Å². The van der Waals surface area contributed by atoms with Crippen LogP contribution in [0.4, 0.5) is 5.69 Å². The zero-order valence-corrected chi connectivity index (χ0v) is 16.3. The molecule has 1 aromatic rings. The number of hydrogen-bond donors (Lipinski definition) is 0. The monoisotopic (exact) mass is 411 g/mol. The Hall–Kier alpha value is -2.07. The van der Waals surface area contributed by atoms with Crippen LogP contribution < -0.4 is 14.7 Å². The van der Waals surface area contributed by atoms with E-state index in [0.717, 1.165) is 0 Å². The Bertz CT molecular complexity index is 883. The van der Waals surface area contributed by atoms with Crippen molar-refractivity contribution in [3.8, 4) is 5.75 Å². The Kier molecular flexibility index (Phi) is 5.75. The lowest BCUT2D eigenvalue weighted by Gasteiger charge is -2.24. The van der Waals surface area contributed by atoms with Crippen LogP contribution in [-0.4, -0.2) is 55.4 Å². The SMILES string of the molecule is COc1cccc(N2C(=NC(=O)CCCC(=O)[O-])S[C@@H]3CS(=O)(=O)C[C@@H]32)c1. The summed E-state index contributed by atoms with van der Waals surface area (Å²) in [4.78, 5) is 28.5. The van der Waals surface area contributed by atoms with Gasteiger partial charge in [0.2, 0.25) is 5.91 Å². The third-order valence-electron chi connectivity index (χ3n) is 4.39. The number of aliphatic imine (C=N–C) groups is 1. The second-order valence-electron chi connectivity index (χ2n) is 6.39. The van der Waals surface area contributed by atoms with Crippen LogP contribution in [0, 0.1) is 0 Å². The minimum Gasteiger partial charge on any atom is -0.550 e.